The predicted molar refractivity (Wildman–Crippen MR) is 109 cm³/mol. The van der Waals surface area contributed by atoms with Gasteiger partial charge in [0.1, 0.15) is 11.3 Å². The maximum absolute atomic E-state index is 13.0. The molecule has 1 aliphatic heterocycles. The van der Waals surface area contributed by atoms with E-state index in [0.717, 1.165) is 6.42 Å². The molecule has 6 heteroatoms. The Morgan fingerprint density at radius 2 is 1.79 bits per heavy atom. The van der Waals surface area contributed by atoms with Crippen LogP contribution in [0, 0.1) is 0 Å². The highest BCUT2D eigenvalue weighted by Gasteiger charge is 2.21. The number of hydrogen-bond acceptors (Lipinski definition) is 5. The van der Waals surface area contributed by atoms with E-state index in [0.29, 0.717) is 41.4 Å². The molecule has 0 saturated heterocycles. The zero-order valence-electron chi connectivity index (χ0n) is 15.7. The van der Waals surface area contributed by atoms with Gasteiger partial charge in [0.15, 0.2) is 5.65 Å². The second kappa shape index (κ2) is 7.31. The van der Waals surface area contributed by atoms with Gasteiger partial charge in [-0.2, -0.15) is 4.98 Å². The normalized spacial score (nSPS) is 13.2. The fourth-order valence-electron chi connectivity index (χ4n) is 3.56. The number of nitrogens with zero attached hydrogens (tertiary/aromatic N) is 4. The van der Waals surface area contributed by atoms with Crippen LogP contribution < -0.4 is 4.74 Å². The van der Waals surface area contributed by atoms with Crippen molar-refractivity contribution in [2.45, 2.75) is 13.0 Å². The summed E-state index contributed by atoms with van der Waals surface area (Å²) in [7, 11) is 0. The van der Waals surface area contributed by atoms with E-state index in [4.69, 9.17) is 4.74 Å². The Morgan fingerprint density at radius 1 is 0.931 bits per heavy atom. The molecule has 1 amide bonds. The number of carbonyl (C=O) groups excluding carboxylic acids is 1. The molecule has 3 heterocycles. The van der Waals surface area contributed by atoms with E-state index in [1.807, 2.05) is 41.3 Å². The predicted octanol–water partition coefficient (Wildman–Crippen LogP) is 4.02. The van der Waals surface area contributed by atoms with E-state index in [1.54, 1.807) is 24.5 Å². The SMILES string of the molecule is O=C(c1cccc(Oc2ccc3nccnc3n2)c1)N1CCc2ccccc2C1. The van der Waals surface area contributed by atoms with Gasteiger partial charge in [-0.15, -0.1) is 0 Å². The molecule has 0 unspecified atom stereocenters. The van der Waals surface area contributed by atoms with Crippen molar-refractivity contribution in [1.82, 2.24) is 19.9 Å². The molecule has 0 bridgehead atoms. The summed E-state index contributed by atoms with van der Waals surface area (Å²) in [5, 5.41) is 0. The van der Waals surface area contributed by atoms with E-state index >= 15 is 0 Å². The van der Waals surface area contributed by atoms with Crippen LogP contribution in [-0.2, 0) is 13.0 Å². The van der Waals surface area contributed by atoms with Crippen molar-refractivity contribution < 1.29 is 9.53 Å². The van der Waals surface area contributed by atoms with Crippen molar-refractivity contribution >= 4 is 17.1 Å². The molecule has 4 aromatic rings. The van der Waals surface area contributed by atoms with Crippen LogP contribution in [0.2, 0.25) is 0 Å². The van der Waals surface area contributed by atoms with Crippen LogP contribution in [0.25, 0.3) is 11.2 Å². The van der Waals surface area contributed by atoms with E-state index in [2.05, 4.69) is 27.1 Å². The van der Waals surface area contributed by atoms with Crippen molar-refractivity contribution in [3.8, 4) is 11.6 Å². The molecule has 2 aromatic heterocycles. The fraction of sp³-hybridized carbons (Fsp3) is 0.130. The van der Waals surface area contributed by atoms with Gasteiger partial charge in [-0.1, -0.05) is 30.3 Å². The second-order valence-electron chi connectivity index (χ2n) is 6.92. The lowest BCUT2D eigenvalue weighted by Crippen LogP contribution is -2.35. The number of aromatic nitrogens is 3. The molecule has 0 fully saturated rings. The molecule has 0 spiro atoms. The number of hydrogen-bond donors (Lipinski definition) is 0. The summed E-state index contributed by atoms with van der Waals surface area (Å²) in [6.45, 7) is 1.34. The summed E-state index contributed by atoms with van der Waals surface area (Å²) in [6.07, 6.45) is 4.09. The Labute approximate surface area is 167 Å². The molecule has 0 atom stereocenters. The average molecular weight is 382 g/mol. The monoisotopic (exact) mass is 382 g/mol. The lowest BCUT2D eigenvalue weighted by Gasteiger charge is -2.29. The van der Waals surface area contributed by atoms with Crippen molar-refractivity contribution in [3.05, 3.63) is 89.7 Å². The lowest BCUT2D eigenvalue weighted by atomic mass is 9.99. The third-order valence-electron chi connectivity index (χ3n) is 5.03. The number of rotatable bonds is 3. The largest absolute Gasteiger partial charge is 0.439 e. The van der Waals surface area contributed by atoms with E-state index in [9.17, 15) is 4.79 Å². The quantitative estimate of drug-likeness (QED) is 0.535. The van der Waals surface area contributed by atoms with Crippen LogP contribution in [0.5, 0.6) is 11.6 Å². The van der Waals surface area contributed by atoms with Gasteiger partial charge < -0.3 is 9.64 Å². The van der Waals surface area contributed by atoms with Gasteiger partial charge in [-0.3, -0.25) is 9.78 Å². The highest BCUT2D eigenvalue weighted by Crippen LogP contribution is 2.24. The van der Waals surface area contributed by atoms with Crippen LogP contribution in [0.1, 0.15) is 21.5 Å². The first-order valence-electron chi connectivity index (χ1n) is 9.48. The number of ether oxygens (including phenoxy) is 1. The molecule has 5 rings (SSSR count). The minimum Gasteiger partial charge on any atom is -0.439 e. The Bertz CT molecular complexity index is 1210. The van der Waals surface area contributed by atoms with Crippen molar-refractivity contribution in [2.75, 3.05) is 6.54 Å². The third-order valence-corrected chi connectivity index (χ3v) is 5.03. The minimum atomic E-state index is 0.00212. The molecule has 29 heavy (non-hydrogen) atoms. The Balaban J connectivity index is 1.36. The summed E-state index contributed by atoms with van der Waals surface area (Å²) in [6, 6.07) is 19.0. The molecular weight excluding hydrogens is 364 g/mol. The summed E-state index contributed by atoms with van der Waals surface area (Å²) >= 11 is 0. The number of pyridine rings is 1. The maximum atomic E-state index is 13.0. The molecular formula is C23H18N4O2. The van der Waals surface area contributed by atoms with E-state index < -0.39 is 0 Å². The second-order valence-corrected chi connectivity index (χ2v) is 6.92. The molecule has 1 aliphatic rings. The molecule has 0 N–H and O–H groups in total. The van der Waals surface area contributed by atoms with Crippen LogP contribution >= 0.6 is 0 Å². The average Bonchev–Trinajstić information content (AvgIpc) is 2.78. The van der Waals surface area contributed by atoms with Crippen LogP contribution in [0.15, 0.2) is 73.1 Å². The maximum Gasteiger partial charge on any atom is 0.254 e. The Kier molecular flexibility index (Phi) is 4.37. The summed E-state index contributed by atoms with van der Waals surface area (Å²) in [5.41, 5.74) is 4.35. The van der Waals surface area contributed by atoms with Gasteiger partial charge in [0.2, 0.25) is 5.88 Å². The third kappa shape index (κ3) is 3.52. The molecule has 0 aliphatic carbocycles. The molecule has 0 saturated carbocycles. The zero-order chi connectivity index (χ0) is 19.6. The lowest BCUT2D eigenvalue weighted by molar-refractivity contribution is 0.0734. The summed E-state index contributed by atoms with van der Waals surface area (Å²) in [5.74, 6) is 0.973. The van der Waals surface area contributed by atoms with Gasteiger partial charge in [-0.05, 0) is 41.8 Å². The van der Waals surface area contributed by atoms with Crippen LogP contribution in [0.4, 0.5) is 0 Å². The van der Waals surface area contributed by atoms with Crippen molar-refractivity contribution in [2.24, 2.45) is 0 Å². The van der Waals surface area contributed by atoms with Gasteiger partial charge in [-0.25, -0.2) is 4.98 Å². The Morgan fingerprint density at radius 3 is 2.72 bits per heavy atom. The van der Waals surface area contributed by atoms with Crippen LogP contribution in [-0.4, -0.2) is 32.3 Å². The minimum absolute atomic E-state index is 0.00212. The van der Waals surface area contributed by atoms with E-state index in [-0.39, 0.29) is 5.91 Å². The van der Waals surface area contributed by atoms with Crippen molar-refractivity contribution in [3.63, 3.8) is 0 Å². The van der Waals surface area contributed by atoms with Gasteiger partial charge in [0.25, 0.3) is 5.91 Å². The van der Waals surface area contributed by atoms with Crippen LogP contribution in [0.3, 0.4) is 0 Å². The Hall–Kier alpha value is -3.80. The van der Waals surface area contributed by atoms with Gasteiger partial charge >= 0.3 is 0 Å². The highest BCUT2D eigenvalue weighted by atomic mass is 16.5. The van der Waals surface area contributed by atoms with Gasteiger partial charge in [0, 0.05) is 37.1 Å². The number of amides is 1. The van der Waals surface area contributed by atoms with Crippen molar-refractivity contribution in [1.29, 1.82) is 0 Å². The first kappa shape index (κ1) is 17.3. The first-order chi connectivity index (χ1) is 14.3. The molecule has 2 aromatic carbocycles. The molecule has 0 radical (unpaired) electrons. The topological polar surface area (TPSA) is 68.2 Å². The number of fused-ring (bicyclic) bond motifs is 2. The number of carbonyl (C=O) groups is 1. The fourth-order valence-corrected chi connectivity index (χ4v) is 3.56. The number of benzene rings is 2. The highest BCUT2D eigenvalue weighted by molar-refractivity contribution is 5.94. The zero-order valence-corrected chi connectivity index (χ0v) is 15.7. The summed E-state index contributed by atoms with van der Waals surface area (Å²) < 4.78 is 5.87. The smallest absolute Gasteiger partial charge is 0.254 e. The summed E-state index contributed by atoms with van der Waals surface area (Å²) in [4.78, 5) is 27.7. The molecule has 142 valence electrons. The van der Waals surface area contributed by atoms with E-state index in [1.165, 1.54) is 11.1 Å². The first-order valence-corrected chi connectivity index (χ1v) is 9.48. The standard InChI is InChI=1S/C23H18N4O2/c28-23(27-13-10-16-4-1-2-5-18(16)15-27)17-6-3-7-19(14-17)29-21-9-8-20-22(26-21)25-12-11-24-20/h1-9,11-12,14H,10,13,15H2. The molecule has 6 nitrogen and oxygen atoms in total. The van der Waals surface area contributed by atoms with Gasteiger partial charge in [0.05, 0.1) is 0 Å².